The molecule has 23 heavy (non-hydrogen) atoms. The first-order valence-electron chi connectivity index (χ1n) is 7.34. The van der Waals surface area contributed by atoms with E-state index >= 15 is 0 Å². The highest BCUT2D eigenvalue weighted by molar-refractivity contribution is 6.41. The molecule has 7 heteroatoms. The van der Waals surface area contributed by atoms with Gasteiger partial charge >= 0.3 is 0 Å². The first-order valence-corrected chi connectivity index (χ1v) is 8.10. The molecule has 1 aromatic carbocycles. The van der Waals surface area contributed by atoms with Gasteiger partial charge in [-0.15, -0.1) is 0 Å². The summed E-state index contributed by atoms with van der Waals surface area (Å²) < 4.78 is 1.01. The third-order valence-corrected chi connectivity index (χ3v) is 4.69. The summed E-state index contributed by atoms with van der Waals surface area (Å²) in [7, 11) is 0. The number of aromatic nitrogens is 2. The van der Waals surface area contributed by atoms with Crippen LogP contribution in [0.25, 0.3) is 0 Å². The van der Waals surface area contributed by atoms with E-state index in [1.165, 1.54) is 11.8 Å². The van der Waals surface area contributed by atoms with Gasteiger partial charge in [0.2, 0.25) is 5.91 Å². The molecule has 1 aliphatic carbocycles. The summed E-state index contributed by atoms with van der Waals surface area (Å²) in [4.78, 5) is 24.2. The molecule has 0 unspecified atom stereocenters. The number of carbonyl (C=O) groups excluding carboxylic acids is 1. The van der Waals surface area contributed by atoms with Crippen molar-refractivity contribution in [3.05, 3.63) is 62.0 Å². The van der Waals surface area contributed by atoms with Crippen LogP contribution in [0.3, 0.4) is 0 Å². The van der Waals surface area contributed by atoms with Gasteiger partial charge < -0.3 is 5.32 Å². The normalized spacial score (nSPS) is 16.7. The molecule has 1 N–H and O–H groups in total. The Morgan fingerprint density at radius 3 is 2.96 bits per heavy atom. The van der Waals surface area contributed by atoms with E-state index < -0.39 is 5.56 Å². The van der Waals surface area contributed by atoms with E-state index in [4.69, 9.17) is 23.2 Å². The molecule has 0 aliphatic heterocycles. The second-order valence-electron chi connectivity index (χ2n) is 5.48. The van der Waals surface area contributed by atoms with E-state index in [1.807, 2.05) is 18.2 Å². The van der Waals surface area contributed by atoms with Crippen LogP contribution >= 0.6 is 23.2 Å². The highest BCUT2D eigenvalue weighted by atomic mass is 35.5. The molecule has 0 bridgehead atoms. The zero-order valence-corrected chi connectivity index (χ0v) is 13.8. The average Bonchev–Trinajstić information content (AvgIpc) is 2.56. The van der Waals surface area contributed by atoms with Crippen molar-refractivity contribution >= 4 is 29.1 Å². The van der Waals surface area contributed by atoms with Gasteiger partial charge in [-0.1, -0.05) is 47.5 Å². The highest BCUT2D eigenvalue weighted by Crippen LogP contribution is 2.29. The molecular formula is C16H15Cl2N3O2. The molecule has 2 aromatic rings. The monoisotopic (exact) mass is 351 g/mol. The van der Waals surface area contributed by atoms with Crippen molar-refractivity contribution in [3.8, 4) is 0 Å². The fourth-order valence-corrected chi connectivity index (χ4v) is 3.11. The van der Waals surface area contributed by atoms with Crippen LogP contribution in [0, 0.1) is 0 Å². The van der Waals surface area contributed by atoms with Crippen LogP contribution in [0.15, 0.2) is 35.3 Å². The number of nitrogens with zero attached hydrogens (tertiary/aromatic N) is 2. The lowest BCUT2D eigenvalue weighted by Crippen LogP contribution is -2.37. The number of hydrogen-bond donors (Lipinski definition) is 1. The summed E-state index contributed by atoms with van der Waals surface area (Å²) in [5, 5.41) is 6.76. The van der Waals surface area contributed by atoms with Gasteiger partial charge in [0.15, 0.2) is 0 Å². The molecule has 3 rings (SSSR count). The molecule has 0 saturated heterocycles. The lowest BCUT2D eigenvalue weighted by atomic mass is 9.88. The number of aryl methyl sites for hydroxylation is 1. The van der Waals surface area contributed by atoms with E-state index in [2.05, 4.69) is 16.5 Å². The van der Waals surface area contributed by atoms with Crippen LogP contribution in [-0.2, 0) is 17.8 Å². The van der Waals surface area contributed by atoms with E-state index in [0.29, 0.717) is 0 Å². The van der Waals surface area contributed by atoms with Crippen LogP contribution in [0.1, 0.15) is 30.0 Å². The van der Waals surface area contributed by atoms with Gasteiger partial charge in [-0.05, 0) is 30.4 Å². The SMILES string of the molecule is O=C(Cn1ncc(Cl)c(Cl)c1=O)N[C@@H]1CCCc2ccccc21. The Hall–Kier alpha value is -1.85. The van der Waals surface area contributed by atoms with Crippen molar-refractivity contribution in [2.45, 2.75) is 31.8 Å². The van der Waals surface area contributed by atoms with Gasteiger partial charge in [-0.2, -0.15) is 5.10 Å². The molecule has 0 spiro atoms. The Kier molecular flexibility index (Phi) is 4.68. The molecule has 1 aromatic heterocycles. The number of hydrogen-bond acceptors (Lipinski definition) is 3. The molecule has 1 heterocycles. The number of carbonyl (C=O) groups is 1. The summed E-state index contributed by atoms with van der Waals surface area (Å²) in [5.74, 6) is -0.278. The van der Waals surface area contributed by atoms with Crippen molar-refractivity contribution in [2.75, 3.05) is 0 Å². The van der Waals surface area contributed by atoms with Crippen LogP contribution in [0.2, 0.25) is 10.0 Å². The summed E-state index contributed by atoms with van der Waals surface area (Å²) in [6.07, 6.45) is 4.18. The van der Waals surface area contributed by atoms with Crippen LogP contribution in [-0.4, -0.2) is 15.7 Å². The van der Waals surface area contributed by atoms with Crippen LogP contribution < -0.4 is 10.9 Å². The van der Waals surface area contributed by atoms with Gasteiger partial charge in [0.25, 0.3) is 5.56 Å². The first kappa shape index (κ1) is 16.0. The molecule has 1 amide bonds. The van der Waals surface area contributed by atoms with E-state index in [0.717, 1.165) is 29.5 Å². The molecular weight excluding hydrogens is 337 g/mol. The lowest BCUT2D eigenvalue weighted by molar-refractivity contribution is -0.122. The summed E-state index contributed by atoms with van der Waals surface area (Å²) in [5.41, 5.74) is 1.83. The van der Waals surface area contributed by atoms with Gasteiger partial charge in [-0.3, -0.25) is 9.59 Å². The van der Waals surface area contributed by atoms with Crippen molar-refractivity contribution in [3.63, 3.8) is 0 Å². The van der Waals surface area contributed by atoms with Crippen molar-refractivity contribution in [1.29, 1.82) is 0 Å². The number of halogens is 2. The van der Waals surface area contributed by atoms with Gasteiger partial charge in [-0.25, -0.2) is 4.68 Å². The standard InChI is InChI=1S/C16H15Cl2N3O2/c17-12-8-19-21(16(23)15(12)18)9-14(22)20-13-7-3-5-10-4-1-2-6-11(10)13/h1-2,4,6,8,13H,3,5,7,9H2,(H,20,22)/t13-/m1/s1. The second kappa shape index (κ2) is 6.72. The second-order valence-corrected chi connectivity index (χ2v) is 6.27. The molecule has 1 atom stereocenters. The number of nitrogens with one attached hydrogen (secondary N) is 1. The van der Waals surface area contributed by atoms with Gasteiger partial charge in [0.05, 0.1) is 17.3 Å². The fourth-order valence-electron chi connectivity index (χ4n) is 2.84. The lowest BCUT2D eigenvalue weighted by Gasteiger charge is -2.26. The smallest absolute Gasteiger partial charge is 0.287 e. The maximum absolute atomic E-state index is 12.3. The fraction of sp³-hybridized carbons (Fsp3) is 0.312. The maximum atomic E-state index is 12.3. The van der Waals surface area contributed by atoms with E-state index in [9.17, 15) is 9.59 Å². The Balaban J connectivity index is 1.74. The van der Waals surface area contributed by atoms with E-state index in [1.54, 1.807) is 0 Å². The Morgan fingerprint density at radius 1 is 1.35 bits per heavy atom. The first-order chi connectivity index (χ1) is 11.1. The Bertz CT molecular complexity index is 804. The minimum absolute atomic E-state index is 0.0362. The predicted molar refractivity (Wildman–Crippen MR) is 88.8 cm³/mol. The van der Waals surface area contributed by atoms with Crippen LogP contribution in [0.5, 0.6) is 0 Å². The maximum Gasteiger partial charge on any atom is 0.287 e. The van der Waals surface area contributed by atoms with Crippen LogP contribution in [0.4, 0.5) is 0 Å². The zero-order valence-electron chi connectivity index (χ0n) is 12.3. The topological polar surface area (TPSA) is 64.0 Å². The largest absolute Gasteiger partial charge is 0.348 e. The van der Waals surface area contributed by atoms with Gasteiger partial charge in [0, 0.05) is 0 Å². The minimum atomic E-state index is -0.571. The van der Waals surface area contributed by atoms with E-state index in [-0.39, 0.29) is 28.5 Å². The Morgan fingerprint density at radius 2 is 2.13 bits per heavy atom. The van der Waals surface area contributed by atoms with Crippen molar-refractivity contribution in [2.24, 2.45) is 0 Å². The predicted octanol–water partition coefficient (Wildman–Crippen LogP) is 2.74. The Labute approximate surface area is 143 Å². The summed E-state index contributed by atoms with van der Waals surface area (Å²) in [6, 6.07) is 8.05. The van der Waals surface area contributed by atoms with Gasteiger partial charge in [0.1, 0.15) is 11.6 Å². The third kappa shape index (κ3) is 3.41. The quantitative estimate of drug-likeness (QED) is 0.924. The molecule has 120 valence electrons. The average molecular weight is 352 g/mol. The molecule has 5 nitrogen and oxygen atoms in total. The molecule has 1 aliphatic rings. The number of rotatable bonds is 3. The summed E-state index contributed by atoms with van der Waals surface area (Å²) >= 11 is 11.5. The number of benzene rings is 1. The number of amides is 1. The van der Waals surface area contributed by atoms with Crippen molar-refractivity contribution < 1.29 is 4.79 Å². The molecule has 0 saturated carbocycles. The molecule has 0 radical (unpaired) electrons. The summed E-state index contributed by atoms with van der Waals surface area (Å²) in [6.45, 7) is -0.186. The third-order valence-electron chi connectivity index (χ3n) is 3.94. The highest BCUT2D eigenvalue weighted by Gasteiger charge is 2.21. The van der Waals surface area contributed by atoms with Crippen molar-refractivity contribution in [1.82, 2.24) is 15.1 Å². The molecule has 0 fully saturated rings. The zero-order chi connectivity index (χ0) is 16.4. The number of fused-ring (bicyclic) bond motifs is 1. The minimum Gasteiger partial charge on any atom is -0.348 e.